The normalized spacial score (nSPS) is 11.4. The Bertz CT molecular complexity index is 1350. The zero-order valence-electron chi connectivity index (χ0n) is 23.3. The highest BCUT2D eigenvalue weighted by Crippen LogP contribution is 2.32. The van der Waals surface area contributed by atoms with Crippen LogP contribution in [0.15, 0.2) is 97.1 Å². The summed E-state index contributed by atoms with van der Waals surface area (Å²) in [6.07, 6.45) is 1.83. The van der Waals surface area contributed by atoms with Gasteiger partial charge >= 0.3 is 5.97 Å². The van der Waals surface area contributed by atoms with Gasteiger partial charge in [-0.25, -0.2) is 0 Å². The molecule has 0 N–H and O–H groups in total. The van der Waals surface area contributed by atoms with Crippen LogP contribution in [0.1, 0.15) is 28.7 Å². The van der Waals surface area contributed by atoms with Crippen LogP contribution in [0, 0.1) is 5.92 Å². The predicted octanol–water partition coefficient (Wildman–Crippen LogP) is 6.83. The van der Waals surface area contributed by atoms with E-state index in [0.29, 0.717) is 55.5 Å². The molecule has 1 unspecified atom stereocenters. The van der Waals surface area contributed by atoms with Gasteiger partial charge in [-0.3, -0.25) is 4.79 Å². The summed E-state index contributed by atoms with van der Waals surface area (Å²) in [6.45, 7) is 0.904. The minimum atomic E-state index is -0.314. The molecule has 0 saturated heterocycles. The smallest absolute Gasteiger partial charge is 0.309 e. The number of benzene rings is 4. The molecule has 4 aromatic carbocycles. The van der Waals surface area contributed by atoms with Gasteiger partial charge in [-0.2, -0.15) is 0 Å². The Hall–Kier alpha value is -4.45. The van der Waals surface area contributed by atoms with Gasteiger partial charge in [0.05, 0.1) is 27.2 Å². The molecule has 0 bridgehead atoms. The lowest BCUT2D eigenvalue weighted by Gasteiger charge is -2.17. The molecule has 208 valence electrons. The van der Waals surface area contributed by atoms with Gasteiger partial charge in [0.15, 0.2) is 23.0 Å². The Labute approximate surface area is 236 Å². The van der Waals surface area contributed by atoms with Gasteiger partial charge in [0.1, 0.15) is 13.2 Å². The maximum absolute atomic E-state index is 12.7. The van der Waals surface area contributed by atoms with Crippen molar-refractivity contribution in [1.82, 2.24) is 0 Å². The van der Waals surface area contributed by atoms with Crippen molar-refractivity contribution >= 4 is 5.97 Å². The Balaban J connectivity index is 1.39. The monoisotopic (exact) mass is 540 g/mol. The highest BCUT2D eigenvalue weighted by Gasteiger charge is 2.21. The van der Waals surface area contributed by atoms with Gasteiger partial charge in [0.25, 0.3) is 0 Å². The zero-order valence-corrected chi connectivity index (χ0v) is 23.3. The molecule has 6 nitrogen and oxygen atoms in total. The molecule has 40 heavy (non-hydrogen) atoms. The van der Waals surface area contributed by atoms with E-state index in [-0.39, 0.29) is 11.9 Å². The quantitative estimate of drug-likeness (QED) is 0.164. The van der Waals surface area contributed by atoms with Crippen molar-refractivity contribution in [3.8, 4) is 23.0 Å². The lowest BCUT2D eigenvalue weighted by molar-refractivity contribution is -0.145. The summed E-state index contributed by atoms with van der Waals surface area (Å²) >= 11 is 0. The number of aryl methyl sites for hydroxylation is 1. The summed E-state index contributed by atoms with van der Waals surface area (Å²) < 4.78 is 28.3. The lowest BCUT2D eigenvalue weighted by Crippen LogP contribution is -2.19. The maximum Gasteiger partial charge on any atom is 0.309 e. The number of esters is 1. The van der Waals surface area contributed by atoms with Gasteiger partial charge in [0.2, 0.25) is 0 Å². The zero-order chi connectivity index (χ0) is 28.2. The fourth-order valence-corrected chi connectivity index (χ4v) is 4.51. The van der Waals surface area contributed by atoms with E-state index < -0.39 is 0 Å². The average molecular weight is 541 g/mol. The fraction of sp³-hybridized carbons (Fsp3) is 0.265. The molecule has 0 aliphatic carbocycles. The van der Waals surface area contributed by atoms with Crippen LogP contribution in [0.4, 0.5) is 0 Å². The molecule has 0 aliphatic rings. The van der Waals surface area contributed by atoms with Crippen molar-refractivity contribution in [2.75, 3.05) is 21.3 Å². The molecule has 0 radical (unpaired) electrons. The SMILES string of the molecule is COC(=O)C(CCc1ccc(OCc2ccccc2)c(OC)c1)Cc1ccc(OCc2ccccc2)c(OC)c1. The minimum Gasteiger partial charge on any atom is -0.493 e. The summed E-state index contributed by atoms with van der Waals surface area (Å²) in [5.41, 5.74) is 4.19. The van der Waals surface area contributed by atoms with Gasteiger partial charge < -0.3 is 23.7 Å². The van der Waals surface area contributed by atoms with E-state index in [1.165, 1.54) is 7.11 Å². The maximum atomic E-state index is 12.7. The van der Waals surface area contributed by atoms with Gasteiger partial charge in [-0.15, -0.1) is 0 Å². The number of methoxy groups -OCH3 is 3. The summed E-state index contributed by atoms with van der Waals surface area (Å²) in [5.74, 6) is 2.09. The van der Waals surface area contributed by atoms with E-state index in [4.69, 9.17) is 23.7 Å². The Morgan fingerprint density at radius 1 is 0.600 bits per heavy atom. The third kappa shape index (κ3) is 8.03. The fourth-order valence-electron chi connectivity index (χ4n) is 4.51. The van der Waals surface area contributed by atoms with Gasteiger partial charge in [-0.1, -0.05) is 72.8 Å². The van der Waals surface area contributed by atoms with Crippen molar-refractivity contribution in [2.45, 2.75) is 32.5 Å². The van der Waals surface area contributed by atoms with Gasteiger partial charge in [-0.05, 0) is 65.8 Å². The molecule has 0 fully saturated rings. The van der Waals surface area contributed by atoms with Crippen LogP contribution in [0.3, 0.4) is 0 Å². The second-order valence-corrected chi connectivity index (χ2v) is 9.48. The first-order valence-corrected chi connectivity index (χ1v) is 13.3. The van der Waals surface area contributed by atoms with Crippen LogP contribution in [0.2, 0.25) is 0 Å². The van der Waals surface area contributed by atoms with Crippen molar-refractivity contribution in [3.63, 3.8) is 0 Å². The van der Waals surface area contributed by atoms with Gasteiger partial charge in [0, 0.05) is 0 Å². The van der Waals surface area contributed by atoms with Crippen molar-refractivity contribution in [2.24, 2.45) is 5.92 Å². The Morgan fingerprint density at radius 2 is 1.10 bits per heavy atom. The second-order valence-electron chi connectivity index (χ2n) is 9.48. The Kier molecular flexibility index (Phi) is 10.4. The van der Waals surface area contributed by atoms with Crippen LogP contribution in [-0.4, -0.2) is 27.3 Å². The predicted molar refractivity (Wildman–Crippen MR) is 155 cm³/mol. The molecule has 0 saturated carbocycles. The summed E-state index contributed by atoms with van der Waals surface area (Å²) in [4.78, 5) is 12.7. The van der Waals surface area contributed by atoms with Crippen LogP contribution in [0.25, 0.3) is 0 Å². The second kappa shape index (κ2) is 14.6. The topological polar surface area (TPSA) is 63.2 Å². The molecule has 0 amide bonds. The van der Waals surface area contributed by atoms with E-state index in [0.717, 1.165) is 22.3 Å². The van der Waals surface area contributed by atoms with Crippen LogP contribution in [0.5, 0.6) is 23.0 Å². The number of hydrogen-bond donors (Lipinski definition) is 0. The third-order valence-corrected chi connectivity index (χ3v) is 6.73. The van der Waals surface area contributed by atoms with Crippen molar-refractivity contribution in [3.05, 3.63) is 119 Å². The lowest BCUT2D eigenvalue weighted by atomic mass is 9.92. The summed E-state index contributed by atoms with van der Waals surface area (Å²) in [5, 5.41) is 0. The largest absolute Gasteiger partial charge is 0.493 e. The van der Waals surface area contributed by atoms with E-state index in [1.807, 2.05) is 97.1 Å². The first-order valence-electron chi connectivity index (χ1n) is 13.3. The molecule has 4 rings (SSSR count). The number of ether oxygens (including phenoxy) is 5. The molecule has 4 aromatic rings. The third-order valence-electron chi connectivity index (χ3n) is 6.73. The summed E-state index contributed by atoms with van der Waals surface area (Å²) in [7, 11) is 4.68. The molecule has 0 aromatic heterocycles. The molecular weight excluding hydrogens is 504 g/mol. The first kappa shape index (κ1) is 28.6. The minimum absolute atomic E-state index is 0.238. The first-order chi connectivity index (χ1) is 19.6. The van der Waals surface area contributed by atoms with Crippen LogP contribution < -0.4 is 18.9 Å². The van der Waals surface area contributed by atoms with Crippen LogP contribution >= 0.6 is 0 Å². The Morgan fingerprint density at radius 3 is 1.60 bits per heavy atom. The molecule has 6 heteroatoms. The van der Waals surface area contributed by atoms with E-state index in [9.17, 15) is 4.79 Å². The standard InChI is InChI=1S/C34H36O6/c1-36-32-21-25(15-18-30(32)39-23-26-10-6-4-7-11-26)14-17-29(34(35)38-3)20-28-16-19-31(33(22-28)37-2)40-24-27-12-8-5-9-13-27/h4-13,15-16,18-19,21-22,29H,14,17,20,23-24H2,1-3H3. The average Bonchev–Trinajstić information content (AvgIpc) is 3.01. The molecule has 0 spiro atoms. The molecule has 1 atom stereocenters. The molecule has 0 heterocycles. The molecule has 0 aliphatic heterocycles. The van der Waals surface area contributed by atoms with E-state index in [2.05, 4.69) is 0 Å². The number of carbonyl (C=O) groups excluding carboxylic acids is 1. The number of carbonyl (C=O) groups is 1. The van der Waals surface area contributed by atoms with Crippen LogP contribution in [-0.2, 0) is 35.6 Å². The van der Waals surface area contributed by atoms with E-state index in [1.54, 1.807) is 14.2 Å². The number of hydrogen-bond acceptors (Lipinski definition) is 6. The molecular formula is C34H36O6. The van der Waals surface area contributed by atoms with E-state index >= 15 is 0 Å². The van der Waals surface area contributed by atoms with Crippen molar-refractivity contribution in [1.29, 1.82) is 0 Å². The summed E-state index contributed by atoms with van der Waals surface area (Å²) in [6, 6.07) is 31.7. The number of rotatable bonds is 14. The highest BCUT2D eigenvalue weighted by molar-refractivity contribution is 5.72. The highest BCUT2D eigenvalue weighted by atomic mass is 16.5. The van der Waals surface area contributed by atoms with Crippen molar-refractivity contribution < 1.29 is 28.5 Å².